The zero-order valence-corrected chi connectivity index (χ0v) is 15.2. The van der Waals surface area contributed by atoms with E-state index in [0.29, 0.717) is 0 Å². The molecule has 1 heterocycles. The molecule has 1 aromatic carbocycles. The molecule has 4 bridgehead atoms. The van der Waals surface area contributed by atoms with Crippen LogP contribution in [0.25, 0.3) is 5.69 Å². The molecule has 140 valence electrons. The van der Waals surface area contributed by atoms with Gasteiger partial charge in [0.2, 0.25) is 0 Å². The number of primary amides is 1. The Balaban J connectivity index is 1.42. The van der Waals surface area contributed by atoms with E-state index in [1.165, 1.54) is 44.2 Å². The molecule has 6 rings (SSSR count). The maximum Gasteiger partial charge on any atom is 0.332 e. The molecule has 0 atom stereocenters. The van der Waals surface area contributed by atoms with Crippen LogP contribution >= 0.6 is 0 Å². The van der Waals surface area contributed by atoms with Gasteiger partial charge in [-0.25, -0.2) is 14.9 Å². The highest BCUT2D eigenvalue weighted by Crippen LogP contribution is 2.60. The molecular weight excluding hydrogens is 340 g/mol. The third-order valence-corrected chi connectivity index (χ3v) is 6.66. The summed E-state index contributed by atoms with van der Waals surface area (Å²) in [7, 11) is 0. The first-order chi connectivity index (χ1) is 13.1. The fraction of sp³-hybridized carbons (Fsp3) is 0.500. The number of nitrogens with one attached hydrogen (secondary N) is 1. The molecule has 0 unspecified atom stereocenters. The first kappa shape index (κ1) is 16.5. The van der Waals surface area contributed by atoms with Gasteiger partial charge in [0.1, 0.15) is 0 Å². The normalized spacial score (nSPS) is 31.5. The number of hydrogen-bond acceptors (Lipinski definition) is 4. The first-order valence-corrected chi connectivity index (χ1v) is 9.71. The largest absolute Gasteiger partial charge is 0.350 e. The maximum atomic E-state index is 10.7. The molecule has 7 nitrogen and oxygen atoms in total. The summed E-state index contributed by atoms with van der Waals surface area (Å²) in [5, 5.41) is 12.5. The third kappa shape index (κ3) is 2.91. The average molecular weight is 364 g/mol. The summed E-state index contributed by atoms with van der Waals surface area (Å²) < 4.78 is 2.02. The molecule has 0 spiro atoms. The SMILES string of the molecule is NC(=O)NN=Cc1ccc(-n2nncc2C23CC4CC(CC(C4)C2)C3)cc1. The Morgan fingerprint density at radius 2 is 1.78 bits per heavy atom. The topological polar surface area (TPSA) is 98.2 Å². The van der Waals surface area contributed by atoms with Crippen LogP contribution in [-0.4, -0.2) is 27.2 Å². The highest BCUT2D eigenvalue weighted by atomic mass is 16.2. The van der Waals surface area contributed by atoms with Crippen LogP contribution in [-0.2, 0) is 5.41 Å². The summed E-state index contributed by atoms with van der Waals surface area (Å²) in [6, 6.07) is 7.26. The van der Waals surface area contributed by atoms with E-state index >= 15 is 0 Å². The number of urea groups is 1. The molecule has 4 fully saturated rings. The maximum absolute atomic E-state index is 10.7. The van der Waals surface area contributed by atoms with E-state index in [2.05, 4.69) is 20.8 Å². The Morgan fingerprint density at radius 3 is 2.37 bits per heavy atom. The second-order valence-electron chi connectivity index (χ2n) is 8.55. The molecule has 27 heavy (non-hydrogen) atoms. The summed E-state index contributed by atoms with van der Waals surface area (Å²) in [6.07, 6.45) is 11.7. The summed E-state index contributed by atoms with van der Waals surface area (Å²) in [6.45, 7) is 0. The molecule has 7 heteroatoms. The van der Waals surface area contributed by atoms with Crippen molar-refractivity contribution in [3.8, 4) is 5.69 Å². The van der Waals surface area contributed by atoms with E-state index < -0.39 is 6.03 Å². The van der Waals surface area contributed by atoms with E-state index in [4.69, 9.17) is 5.73 Å². The van der Waals surface area contributed by atoms with Gasteiger partial charge in [-0.2, -0.15) is 5.10 Å². The van der Waals surface area contributed by atoms with Gasteiger partial charge in [-0.3, -0.25) is 0 Å². The fourth-order valence-corrected chi connectivity index (χ4v) is 6.08. The summed E-state index contributed by atoms with van der Waals surface area (Å²) in [5.41, 5.74) is 10.6. The Morgan fingerprint density at radius 1 is 1.15 bits per heavy atom. The van der Waals surface area contributed by atoms with Crippen LogP contribution in [0.5, 0.6) is 0 Å². The number of aromatic nitrogens is 3. The van der Waals surface area contributed by atoms with Gasteiger partial charge in [-0.05, 0) is 74.0 Å². The molecule has 2 aromatic rings. The van der Waals surface area contributed by atoms with Crippen LogP contribution < -0.4 is 11.2 Å². The standard InChI is InChI=1S/C20H24N6O/c21-19(27)24-22-11-13-1-3-17(4-2-13)26-18(12-23-25-26)20-8-14-5-15(9-20)7-16(6-14)10-20/h1-4,11-12,14-16H,5-10H2,(H3,21,24,27). The summed E-state index contributed by atoms with van der Waals surface area (Å²) in [4.78, 5) is 10.7. The lowest BCUT2D eigenvalue weighted by atomic mass is 9.49. The molecule has 0 saturated heterocycles. The molecule has 4 saturated carbocycles. The third-order valence-electron chi connectivity index (χ3n) is 6.66. The smallest absolute Gasteiger partial charge is 0.332 e. The van der Waals surface area contributed by atoms with Crippen LogP contribution in [0.15, 0.2) is 35.6 Å². The number of rotatable bonds is 4. The second-order valence-corrected chi connectivity index (χ2v) is 8.55. The van der Waals surface area contributed by atoms with Gasteiger partial charge in [-0.15, -0.1) is 5.10 Å². The van der Waals surface area contributed by atoms with Gasteiger partial charge in [0.15, 0.2) is 0 Å². The van der Waals surface area contributed by atoms with E-state index in [1.807, 2.05) is 35.1 Å². The lowest BCUT2D eigenvalue weighted by Crippen LogP contribution is -2.49. The lowest BCUT2D eigenvalue weighted by molar-refractivity contribution is -0.00828. The zero-order chi connectivity index (χ0) is 18.4. The number of benzene rings is 1. The van der Waals surface area contributed by atoms with Gasteiger partial charge in [-0.1, -0.05) is 17.3 Å². The highest BCUT2D eigenvalue weighted by molar-refractivity contribution is 5.81. The van der Waals surface area contributed by atoms with Gasteiger partial charge >= 0.3 is 6.03 Å². The van der Waals surface area contributed by atoms with Crippen molar-refractivity contribution in [3.05, 3.63) is 41.7 Å². The van der Waals surface area contributed by atoms with Crippen molar-refractivity contribution in [1.29, 1.82) is 0 Å². The number of carbonyl (C=O) groups is 1. The van der Waals surface area contributed by atoms with Gasteiger partial charge in [0.05, 0.1) is 23.8 Å². The number of amides is 2. The Hall–Kier alpha value is -2.70. The van der Waals surface area contributed by atoms with Crippen molar-refractivity contribution >= 4 is 12.2 Å². The quantitative estimate of drug-likeness (QED) is 0.644. The number of nitrogens with zero attached hydrogens (tertiary/aromatic N) is 4. The van der Waals surface area contributed by atoms with Crippen LogP contribution in [0.1, 0.15) is 49.8 Å². The Bertz CT molecular complexity index is 849. The minimum atomic E-state index is -0.675. The van der Waals surface area contributed by atoms with Crippen LogP contribution in [0.4, 0.5) is 4.79 Å². The average Bonchev–Trinajstić information content (AvgIpc) is 3.11. The van der Waals surface area contributed by atoms with Gasteiger partial charge in [0, 0.05) is 5.41 Å². The molecule has 0 aliphatic heterocycles. The number of nitrogens with two attached hydrogens (primary N) is 1. The summed E-state index contributed by atoms with van der Waals surface area (Å²) in [5.74, 6) is 2.66. The van der Waals surface area contributed by atoms with Gasteiger partial charge < -0.3 is 5.73 Å². The van der Waals surface area contributed by atoms with Crippen molar-refractivity contribution < 1.29 is 4.79 Å². The zero-order valence-electron chi connectivity index (χ0n) is 15.2. The van der Waals surface area contributed by atoms with Gasteiger partial charge in [0.25, 0.3) is 0 Å². The fourth-order valence-electron chi connectivity index (χ4n) is 6.08. The molecule has 3 N–H and O–H groups in total. The van der Waals surface area contributed by atoms with Crippen molar-refractivity contribution in [1.82, 2.24) is 20.4 Å². The Kier molecular flexibility index (Phi) is 3.77. The molecule has 0 radical (unpaired) electrons. The molecular formula is C20H24N6O. The number of carbonyl (C=O) groups excluding carboxylic acids is 1. The number of hydrazone groups is 1. The van der Waals surface area contributed by atoms with E-state index in [0.717, 1.165) is 29.0 Å². The summed E-state index contributed by atoms with van der Waals surface area (Å²) >= 11 is 0. The monoisotopic (exact) mass is 364 g/mol. The minimum Gasteiger partial charge on any atom is -0.350 e. The van der Waals surface area contributed by atoms with Crippen LogP contribution in [0.2, 0.25) is 0 Å². The predicted molar refractivity (Wildman–Crippen MR) is 102 cm³/mol. The van der Waals surface area contributed by atoms with Crippen LogP contribution in [0, 0.1) is 17.8 Å². The van der Waals surface area contributed by atoms with Crippen LogP contribution in [0.3, 0.4) is 0 Å². The van der Waals surface area contributed by atoms with Crippen molar-refractivity contribution in [2.75, 3.05) is 0 Å². The van der Waals surface area contributed by atoms with Crippen molar-refractivity contribution in [2.24, 2.45) is 28.6 Å². The minimum absolute atomic E-state index is 0.254. The molecule has 1 aromatic heterocycles. The molecule has 4 aliphatic rings. The Labute approximate surface area is 158 Å². The van der Waals surface area contributed by atoms with E-state index in [9.17, 15) is 4.79 Å². The highest BCUT2D eigenvalue weighted by Gasteiger charge is 2.53. The lowest BCUT2D eigenvalue weighted by Gasteiger charge is -2.56. The first-order valence-electron chi connectivity index (χ1n) is 9.71. The number of hydrogen-bond donors (Lipinski definition) is 2. The molecule has 2 amide bonds. The second kappa shape index (κ2) is 6.18. The van der Waals surface area contributed by atoms with Crippen molar-refractivity contribution in [2.45, 2.75) is 43.9 Å². The van der Waals surface area contributed by atoms with E-state index in [1.54, 1.807) is 6.21 Å². The molecule has 4 aliphatic carbocycles. The van der Waals surface area contributed by atoms with E-state index in [-0.39, 0.29) is 5.41 Å². The predicted octanol–water partition coefficient (Wildman–Crippen LogP) is 2.74. The van der Waals surface area contributed by atoms with Crippen molar-refractivity contribution in [3.63, 3.8) is 0 Å².